The Morgan fingerprint density at radius 1 is 1.28 bits per heavy atom. The lowest BCUT2D eigenvalue weighted by Gasteiger charge is -2.06. The zero-order valence-electron chi connectivity index (χ0n) is 11.1. The van der Waals surface area contributed by atoms with Crippen molar-refractivity contribution in [3.63, 3.8) is 0 Å². The molecule has 0 unspecified atom stereocenters. The van der Waals surface area contributed by atoms with Gasteiger partial charge < -0.3 is 0 Å². The second-order valence-electron chi connectivity index (χ2n) is 4.33. The van der Waals surface area contributed by atoms with E-state index in [9.17, 15) is 0 Å². The molecule has 0 aliphatic heterocycles. The summed E-state index contributed by atoms with van der Waals surface area (Å²) >= 11 is 2.42. The van der Waals surface area contributed by atoms with Crippen molar-refractivity contribution in [1.29, 1.82) is 0 Å². The maximum absolute atomic E-state index is 4.71. The lowest BCUT2D eigenvalue weighted by Crippen LogP contribution is -2.09. The first-order valence-electron chi connectivity index (χ1n) is 6.38. The van der Waals surface area contributed by atoms with E-state index in [0.29, 0.717) is 0 Å². The van der Waals surface area contributed by atoms with E-state index >= 15 is 0 Å². The van der Waals surface area contributed by atoms with Gasteiger partial charge in [0, 0.05) is 31.9 Å². The van der Waals surface area contributed by atoms with Gasteiger partial charge in [0.1, 0.15) is 0 Å². The molecule has 2 aromatic rings. The van der Waals surface area contributed by atoms with E-state index < -0.39 is 0 Å². The van der Waals surface area contributed by atoms with E-state index in [0.717, 1.165) is 25.8 Å². The lowest BCUT2D eigenvalue weighted by atomic mass is 10.2. The van der Waals surface area contributed by atoms with Gasteiger partial charge in [0.05, 0.1) is 15.0 Å². The maximum Gasteiger partial charge on any atom is 0.0758 e. The number of aryl methyl sites for hydroxylation is 4. The van der Waals surface area contributed by atoms with Crippen LogP contribution in [0.15, 0.2) is 12.3 Å². The van der Waals surface area contributed by atoms with Gasteiger partial charge in [-0.2, -0.15) is 10.2 Å². The van der Waals surface area contributed by atoms with Crippen LogP contribution < -0.4 is 0 Å². The van der Waals surface area contributed by atoms with Gasteiger partial charge in [-0.05, 0) is 41.5 Å². The topological polar surface area (TPSA) is 35.6 Å². The number of halogens is 1. The van der Waals surface area contributed by atoms with E-state index in [1.54, 1.807) is 0 Å². The molecule has 0 radical (unpaired) electrons. The Labute approximate surface area is 122 Å². The molecular weight excluding hydrogens is 339 g/mol. The highest BCUT2D eigenvalue weighted by Crippen LogP contribution is 2.18. The molecule has 0 bridgehead atoms. The molecule has 0 spiro atoms. The van der Waals surface area contributed by atoms with Gasteiger partial charge in [0.25, 0.3) is 0 Å². The zero-order valence-corrected chi connectivity index (χ0v) is 13.3. The van der Waals surface area contributed by atoms with Crippen LogP contribution >= 0.6 is 22.6 Å². The summed E-state index contributed by atoms with van der Waals surface area (Å²) in [6.07, 6.45) is 4.87. The second kappa shape index (κ2) is 5.86. The maximum atomic E-state index is 4.71. The Kier molecular flexibility index (Phi) is 4.42. The molecular formula is C13H19IN4. The number of rotatable bonds is 5. The minimum atomic E-state index is 0.929. The van der Waals surface area contributed by atoms with Gasteiger partial charge in [-0.15, -0.1) is 0 Å². The Bertz CT molecular complexity index is 527. The van der Waals surface area contributed by atoms with E-state index in [4.69, 9.17) is 5.10 Å². The molecule has 98 valence electrons. The van der Waals surface area contributed by atoms with Gasteiger partial charge in [-0.3, -0.25) is 9.36 Å². The molecule has 0 aliphatic rings. The van der Waals surface area contributed by atoms with Crippen molar-refractivity contribution >= 4 is 22.6 Å². The van der Waals surface area contributed by atoms with Crippen LogP contribution in [0.4, 0.5) is 0 Å². The van der Waals surface area contributed by atoms with Crippen molar-refractivity contribution in [2.75, 3.05) is 0 Å². The van der Waals surface area contributed by atoms with Crippen LogP contribution in [0.25, 0.3) is 0 Å². The molecule has 18 heavy (non-hydrogen) atoms. The van der Waals surface area contributed by atoms with E-state index in [1.165, 1.54) is 20.7 Å². The molecule has 0 fully saturated rings. The summed E-state index contributed by atoms with van der Waals surface area (Å²) < 4.78 is 5.43. The molecule has 0 saturated heterocycles. The highest BCUT2D eigenvalue weighted by Gasteiger charge is 2.13. The zero-order chi connectivity index (χ0) is 13.1. The summed E-state index contributed by atoms with van der Waals surface area (Å²) in [7, 11) is 1.99. The monoisotopic (exact) mass is 358 g/mol. The SMILES string of the molecule is CCc1nn(CCc2ccnn2C)c(CC)c1I. The van der Waals surface area contributed by atoms with Crippen molar-refractivity contribution in [2.45, 2.75) is 39.7 Å². The lowest BCUT2D eigenvalue weighted by molar-refractivity contribution is 0.560. The fourth-order valence-electron chi connectivity index (χ4n) is 2.15. The highest BCUT2D eigenvalue weighted by molar-refractivity contribution is 14.1. The third-order valence-corrected chi connectivity index (χ3v) is 4.48. The van der Waals surface area contributed by atoms with Crippen LogP contribution in [-0.4, -0.2) is 19.6 Å². The van der Waals surface area contributed by atoms with Gasteiger partial charge in [0.2, 0.25) is 0 Å². The average molecular weight is 358 g/mol. The highest BCUT2D eigenvalue weighted by atomic mass is 127. The van der Waals surface area contributed by atoms with Gasteiger partial charge in [0.15, 0.2) is 0 Å². The smallest absolute Gasteiger partial charge is 0.0758 e. The standard InChI is InChI=1S/C13H19IN4/c1-4-11-13(14)12(5-2)18(16-11)9-7-10-6-8-15-17(10)3/h6,8H,4-5,7,9H2,1-3H3. The molecule has 2 heterocycles. The quantitative estimate of drug-likeness (QED) is 0.771. The van der Waals surface area contributed by atoms with Crippen LogP contribution in [0.2, 0.25) is 0 Å². The predicted molar refractivity (Wildman–Crippen MR) is 80.6 cm³/mol. The minimum Gasteiger partial charge on any atom is -0.273 e. The van der Waals surface area contributed by atoms with Crippen LogP contribution in [-0.2, 0) is 32.9 Å². The molecule has 0 amide bonds. The van der Waals surface area contributed by atoms with Gasteiger partial charge in [-0.1, -0.05) is 13.8 Å². The van der Waals surface area contributed by atoms with E-state index in [-0.39, 0.29) is 0 Å². The fraction of sp³-hybridized carbons (Fsp3) is 0.538. The van der Waals surface area contributed by atoms with Crippen molar-refractivity contribution in [1.82, 2.24) is 19.6 Å². The number of nitrogens with zero attached hydrogens (tertiary/aromatic N) is 4. The largest absolute Gasteiger partial charge is 0.273 e. The van der Waals surface area contributed by atoms with Crippen LogP contribution in [0.1, 0.15) is 30.9 Å². The Morgan fingerprint density at radius 3 is 2.61 bits per heavy atom. The fourth-order valence-corrected chi connectivity index (χ4v) is 3.29. The first-order valence-corrected chi connectivity index (χ1v) is 7.46. The molecule has 0 atom stereocenters. The molecule has 4 nitrogen and oxygen atoms in total. The normalized spacial score (nSPS) is 11.1. The summed E-state index contributed by atoms with van der Waals surface area (Å²) in [4.78, 5) is 0. The number of hydrogen-bond donors (Lipinski definition) is 0. The molecule has 0 aliphatic carbocycles. The van der Waals surface area contributed by atoms with Crippen molar-refractivity contribution in [3.05, 3.63) is 32.9 Å². The Balaban J connectivity index is 2.16. The van der Waals surface area contributed by atoms with E-state index in [2.05, 4.69) is 52.3 Å². The second-order valence-corrected chi connectivity index (χ2v) is 5.41. The molecule has 0 saturated carbocycles. The van der Waals surface area contributed by atoms with E-state index in [1.807, 2.05) is 17.9 Å². The summed E-state index contributed by atoms with van der Waals surface area (Å²) in [6, 6.07) is 2.07. The number of hydrogen-bond acceptors (Lipinski definition) is 2. The Morgan fingerprint density at radius 2 is 2.06 bits per heavy atom. The van der Waals surface area contributed by atoms with Gasteiger partial charge >= 0.3 is 0 Å². The van der Waals surface area contributed by atoms with Crippen molar-refractivity contribution in [2.24, 2.45) is 7.05 Å². The molecule has 0 aromatic carbocycles. The van der Waals surface area contributed by atoms with Crippen LogP contribution in [0, 0.1) is 3.57 Å². The first-order chi connectivity index (χ1) is 8.67. The molecule has 2 aromatic heterocycles. The minimum absolute atomic E-state index is 0.929. The van der Waals surface area contributed by atoms with Crippen molar-refractivity contribution in [3.8, 4) is 0 Å². The van der Waals surface area contributed by atoms with Crippen LogP contribution in [0.5, 0.6) is 0 Å². The summed E-state index contributed by atoms with van der Waals surface area (Å²) in [5.41, 5.74) is 3.83. The molecule has 0 N–H and O–H groups in total. The summed E-state index contributed by atoms with van der Waals surface area (Å²) in [5, 5.41) is 8.90. The van der Waals surface area contributed by atoms with Gasteiger partial charge in [-0.25, -0.2) is 0 Å². The third kappa shape index (κ3) is 2.60. The molecule has 2 rings (SSSR count). The third-order valence-electron chi connectivity index (χ3n) is 3.23. The summed E-state index contributed by atoms with van der Waals surface area (Å²) in [6.45, 7) is 5.29. The number of aromatic nitrogens is 4. The average Bonchev–Trinajstić information content (AvgIpc) is 2.90. The Hall–Kier alpha value is -0.850. The van der Waals surface area contributed by atoms with Crippen molar-refractivity contribution < 1.29 is 0 Å². The summed E-state index contributed by atoms with van der Waals surface area (Å²) in [5.74, 6) is 0. The van der Waals surface area contributed by atoms with Crippen LogP contribution in [0.3, 0.4) is 0 Å². The molecule has 5 heteroatoms. The first kappa shape index (κ1) is 13.6. The predicted octanol–water partition coefficient (Wildman–Crippen LogP) is 2.59.